The molecule has 0 radical (unpaired) electrons. The number of allylic oxidation sites excluding steroid dienone is 4. The molecule has 0 aromatic carbocycles. The third kappa shape index (κ3) is 34.6. The smallest absolute Gasteiger partial charge is 0.220 e. The molecule has 9 nitrogen and oxygen atoms in total. The van der Waals surface area contributed by atoms with Crippen LogP contribution < -0.4 is 5.32 Å². The number of aliphatic hydroxyl groups is 5. The van der Waals surface area contributed by atoms with E-state index in [1.54, 1.807) is 0 Å². The predicted octanol–water partition coefficient (Wildman–Crippen LogP) is 12.6. The lowest BCUT2D eigenvalue weighted by Crippen LogP contribution is -2.60. The van der Waals surface area contributed by atoms with Crippen LogP contribution in [0.15, 0.2) is 24.3 Å². The highest BCUT2D eigenvalue weighted by Gasteiger charge is 2.44. The quantitative estimate of drug-likeness (QED) is 0.0261. The summed E-state index contributed by atoms with van der Waals surface area (Å²) in [5, 5.41) is 54.5. The van der Waals surface area contributed by atoms with Gasteiger partial charge in [-0.1, -0.05) is 231 Å². The molecule has 1 heterocycles. The molecule has 6 N–H and O–H groups in total. The molecule has 1 amide bonds. The molecule has 0 saturated carbocycles. The molecule has 1 aliphatic heterocycles. The van der Waals surface area contributed by atoms with Crippen LogP contribution in [0.5, 0.6) is 0 Å². The van der Waals surface area contributed by atoms with Crippen molar-refractivity contribution in [3.8, 4) is 0 Å². The average Bonchev–Trinajstić information content (AvgIpc) is 3.28. The Labute approximate surface area is 388 Å². The van der Waals surface area contributed by atoms with Crippen LogP contribution in [0.3, 0.4) is 0 Å². The minimum Gasteiger partial charge on any atom is -0.394 e. The van der Waals surface area contributed by atoms with Crippen LogP contribution in [0.1, 0.15) is 258 Å². The fourth-order valence-corrected chi connectivity index (χ4v) is 8.72. The number of carbonyl (C=O) groups is 1. The van der Waals surface area contributed by atoms with Crippen LogP contribution >= 0.6 is 0 Å². The number of amides is 1. The second-order valence-corrected chi connectivity index (χ2v) is 19.0. The maximum absolute atomic E-state index is 13.0. The summed E-state index contributed by atoms with van der Waals surface area (Å²) < 4.78 is 11.3. The maximum Gasteiger partial charge on any atom is 0.220 e. The van der Waals surface area contributed by atoms with Crippen LogP contribution in [0, 0.1) is 0 Å². The van der Waals surface area contributed by atoms with Gasteiger partial charge in [-0.25, -0.2) is 0 Å². The number of hydrogen-bond acceptors (Lipinski definition) is 8. The van der Waals surface area contributed by atoms with Gasteiger partial charge in [0.05, 0.1) is 25.4 Å². The van der Waals surface area contributed by atoms with Gasteiger partial charge in [0.2, 0.25) is 5.91 Å². The number of hydrogen-bond donors (Lipinski definition) is 6. The van der Waals surface area contributed by atoms with Gasteiger partial charge in [0.15, 0.2) is 6.29 Å². The number of aliphatic hydroxyl groups excluding tert-OH is 5. The van der Waals surface area contributed by atoms with Crippen molar-refractivity contribution < 1.29 is 39.8 Å². The second-order valence-electron chi connectivity index (χ2n) is 19.0. The van der Waals surface area contributed by atoms with Gasteiger partial charge in [-0.15, -0.1) is 0 Å². The van der Waals surface area contributed by atoms with Gasteiger partial charge in [-0.05, 0) is 44.9 Å². The standard InChI is InChI=1S/C54H103NO8/c1-3-5-7-9-11-13-15-17-19-20-21-22-23-24-25-26-27-28-30-32-34-36-38-40-42-44-50(58)55-47(46-62-54-53(61)52(60)51(59)49(45-56)63-54)48(57)43-41-39-37-35-33-31-29-18-16-14-12-10-8-6-4-2/h21-22,24-25,47-49,51-54,56-57,59-61H,3-20,23,26-46H2,1-2H3,(H,55,58)/b22-21-,25-24-. The van der Waals surface area contributed by atoms with E-state index in [0.717, 1.165) is 44.9 Å². The van der Waals surface area contributed by atoms with E-state index < -0.39 is 49.5 Å². The van der Waals surface area contributed by atoms with Crippen LogP contribution in [0.2, 0.25) is 0 Å². The normalized spacial score (nSPS) is 20.3. The lowest BCUT2D eigenvalue weighted by Gasteiger charge is -2.40. The molecule has 1 aliphatic rings. The van der Waals surface area contributed by atoms with E-state index in [0.29, 0.717) is 12.8 Å². The van der Waals surface area contributed by atoms with Gasteiger partial charge in [0.25, 0.3) is 0 Å². The summed E-state index contributed by atoms with van der Waals surface area (Å²) in [6, 6.07) is -0.719. The van der Waals surface area contributed by atoms with E-state index in [9.17, 15) is 30.3 Å². The van der Waals surface area contributed by atoms with Crippen molar-refractivity contribution in [3.63, 3.8) is 0 Å². The molecule has 9 heteroatoms. The van der Waals surface area contributed by atoms with Crippen LogP contribution in [0.4, 0.5) is 0 Å². The summed E-state index contributed by atoms with van der Waals surface area (Å²) in [6.07, 6.45) is 47.6. The van der Waals surface area contributed by atoms with Gasteiger partial charge in [0, 0.05) is 6.42 Å². The van der Waals surface area contributed by atoms with Crippen molar-refractivity contribution in [1.82, 2.24) is 5.32 Å². The topological polar surface area (TPSA) is 149 Å². The summed E-state index contributed by atoms with van der Waals surface area (Å²) in [5.41, 5.74) is 0. The van der Waals surface area contributed by atoms with Crippen molar-refractivity contribution >= 4 is 5.91 Å². The summed E-state index contributed by atoms with van der Waals surface area (Å²) >= 11 is 0. The molecule has 0 aromatic heterocycles. The van der Waals surface area contributed by atoms with Crippen molar-refractivity contribution in [2.75, 3.05) is 13.2 Å². The Morgan fingerprint density at radius 3 is 1.37 bits per heavy atom. The van der Waals surface area contributed by atoms with E-state index in [-0.39, 0.29) is 12.5 Å². The molecule has 0 aromatic rings. The second kappa shape index (κ2) is 44.5. The Kier molecular flexibility index (Phi) is 42.2. The first-order valence-corrected chi connectivity index (χ1v) is 27.0. The lowest BCUT2D eigenvalue weighted by molar-refractivity contribution is -0.302. The first-order chi connectivity index (χ1) is 30.8. The molecule has 1 fully saturated rings. The Bertz CT molecular complexity index is 1040. The summed E-state index contributed by atoms with van der Waals surface area (Å²) in [4.78, 5) is 13.0. The maximum atomic E-state index is 13.0. The zero-order valence-corrected chi connectivity index (χ0v) is 41.1. The van der Waals surface area contributed by atoms with Crippen molar-refractivity contribution in [2.24, 2.45) is 0 Å². The fraction of sp³-hybridized carbons (Fsp3) is 0.907. The Hall–Kier alpha value is -1.33. The van der Waals surface area contributed by atoms with Crippen LogP contribution in [-0.2, 0) is 14.3 Å². The first kappa shape index (κ1) is 59.7. The predicted molar refractivity (Wildman–Crippen MR) is 263 cm³/mol. The number of rotatable bonds is 46. The molecule has 372 valence electrons. The van der Waals surface area contributed by atoms with Gasteiger partial charge in [-0.2, -0.15) is 0 Å². The SMILES string of the molecule is CCCCCCCCCCC/C=C\C/C=C\CCCCCCCCCCCC(=O)NC(COC1OC(CO)C(O)C(O)C1O)C(O)CCCCCCCCCCCCCCCCC. The summed E-state index contributed by atoms with van der Waals surface area (Å²) in [6.45, 7) is 3.85. The minimum atomic E-state index is -1.55. The lowest BCUT2D eigenvalue weighted by atomic mass is 9.99. The molecule has 1 rings (SSSR count). The van der Waals surface area contributed by atoms with Crippen molar-refractivity contribution in [2.45, 2.75) is 301 Å². The highest BCUT2D eigenvalue weighted by Crippen LogP contribution is 2.23. The third-order valence-electron chi connectivity index (χ3n) is 13.1. The molecular formula is C54H103NO8. The minimum absolute atomic E-state index is 0.137. The van der Waals surface area contributed by atoms with E-state index in [1.807, 2.05) is 0 Å². The molecule has 7 atom stereocenters. The van der Waals surface area contributed by atoms with Gasteiger partial charge in [0.1, 0.15) is 24.4 Å². The highest BCUT2D eigenvalue weighted by molar-refractivity contribution is 5.76. The number of unbranched alkanes of at least 4 members (excludes halogenated alkanes) is 32. The highest BCUT2D eigenvalue weighted by atomic mass is 16.7. The van der Waals surface area contributed by atoms with Crippen LogP contribution in [0.25, 0.3) is 0 Å². The van der Waals surface area contributed by atoms with Gasteiger partial charge >= 0.3 is 0 Å². The van der Waals surface area contributed by atoms with Crippen molar-refractivity contribution in [3.05, 3.63) is 24.3 Å². The van der Waals surface area contributed by atoms with E-state index in [1.165, 1.54) is 186 Å². The summed E-state index contributed by atoms with van der Waals surface area (Å²) in [5.74, 6) is -0.146. The molecule has 0 spiro atoms. The average molecular weight is 894 g/mol. The zero-order valence-electron chi connectivity index (χ0n) is 41.1. The van der Waals surface area contributed by atoms with Crippen LogP contribution in [-0.4, -0.2) is 87.5 Å². The molecule has 0 aliphatic carbocycles. The molecular weight excluding hydrogens is 791 g/mol. The molecule has 1 saturated heterocycles. The first-order valence-electron chi connectivity index (χ1n) is 27.0. The Morgan fingerprint density at radius 1 is 0.540 bits per heavy atom. The zero-order chi connectivity index (χ0) is 45.9. The monoisotopic (exact) mass is 894 g/mol. The molecule has 0 bridgehead atoms. The van der Waals surface area contributed by atoms with Gasteiger partial charge in [-0.3, -0.25) is 4.79 Å². The Balaban J connectivity index is 2.22. The third-order valence-corrected chi connectivity index (χ3v) is 13.1. The summed E-state index contributed by atoms with van der Waals surface area (Å²) in [7, 11) is 0. The van der Waals surface area contributed by atoms with Gasteiger partial charge < -0.3 is 40.3 Å². The van der Waals surface area contributed by atoms with E-state index >= 15 is 0 Å². The van der Waals surface area contributed by atoms with E-state index in [4.69, 9.17) is 9.47 Å². The largest absolute Gasteiger partial charge is 0.394 e. The Morgan fingerprint density at radius 2 is 0.937 bits per heavy atom. The van der Waals surface area contributed by atoms with Crippen molar-refractivity contribution in [1.29, 1.82) is 0 Å². The molecule has 7 unspecified atom stereocenters. The van der Waals surface area contributed by atoms with E-state index in [2.05, 4.69) is 43.5 Å². The fourth-order valence-electron chi connectivity index (χ4n) is 8.72. The molecule has 63 heavy (non-hydrogen) atoms. The number of nitrogens with one attached hydrogen (secondary N) is 1. The number of carbonyl (C=O) groups excluding carboxylic acids is 1. The number of ether oxygens (including phenoxy) is 2.